The largest absolute Gasteiger partial charge is 0.351 e. The van der Waals surface area contributed by atoms with Gasteiger partial charge in [-0.2, -0.15) is 0 Å². The first-order chi connectivity index (χ1) is 7.36. The van der Waals surface area contributed by atoms with E-state index >= 15 is 0 Å². The van der Waals surface area contributed by atoms with E-state index in [1.165, 1.54) is 5.56 Å². The van der Waals surface area contributed by atoms with Gasteiger partial charge in [0.15, 0.2) is 0 Å². The fraction of sp³-hybridized carbons (Fsp3) is 0.0909. The van der Waals surface area contributed by atoms with Crippen LogP contribution >= 0.6 is 0 Å². The second-order valence-corrected chi connectivity index (χ2v) is 3.18. The molecule has 0 unspecified atom stereocenters. The molecule has 0 aliphatic rings. The number of fused-ring (bicyclic) bond motifs is 1. The third-order valence-electron chi connectivity index (χ3n) is 1.98. The summed E-state index contributed by atoms with van der Waals surface area (Å²) in [6.45, 7) is 2.07. The van der Waals surface area contributed by atoms with Crippen LogP contribution in [0.4, 0.5) is 0 Å². The first kappa shape index (κ1) is 9.45. The predicted molar refractivity (Wildman–Crippen MR) is 59.4 cm³/mol. The summed E-state index contributed by atoms with van der Waals surface area (Å²) < 4.78 is 0. The Balaban J connectivity index is 0.000000144. The van der Waals surface area contributed by atoms with Crippen LogP contribution < -0.4 is 0 Å². The molecule has 0 saturated heterocycles. The molecule has 0 saturated carbocycles. The van der Waals surface area contributed by atoms with Gasteiger partial charge < -0.3 is 9.97 Å². The Hall–Kier alpha value is -2.10. The van der Waals surface area contributed by atoms with Gasteiger partial charge in [-0.1, -0.05) is 6.07 Å². The third kappa shape index (κ3) is 2.43. The Labute approximate surface area is 87.4 Å². The molecular weight excluding hydrogens is 188 g/mol. The normalized spacial score (nSPS) is 9.67. The minimum atomic E-state index is 1.03. The van der Waals surface area contributed by atoms with Crippen LogP contribution in [0.2, 0.25) is 0 Å². The van der Waals surface area contributed by atoms with Gasteiger partial charge in [0.05, 0.1) is 23.7 Å². The summed E-state index contributed by atoms with van der Waals surface area (Å²) in [7, 11) is 0. The molecule has 1 aromatic carbocycles. The zero-order valence-electron chi connectivity index (χ0n) is 8.44. The highest BCUT2D eigenvalue weighted by molar-refractivity contribution is 5.74. The highest BCUT2D eigenvalue weighted by Gasteiger charge is 1.92. The number of H-pyrrole nitrogens is 2. The molecule has 15 heavy (non-hydrogen) atoms. The number of aromatic amines is 2. The summed E-state index contributed by atoms with van der Waals surface area (Å²) >= 11 is 0. The van der Waals surface area contributed by atoms with Gasteiger partial charge in [0, 0.05) is 12.4 Å². The number of imidazole rings is 2. The van der Waals surface area contributed by atoms with E-state index in [1.54, 1.807) is 25.0 Å². The fourth-order valence-electron chi connectivity index (χ4n) is 1.26. The predicted octanol–water partition coefficient (Wildman–Crippen LogP) is 2.28. The van der Waals surface area contributed by atoms with Crippen LogP contribution in [0.15, 0.2) is 43.2 Å². The molecule has 4 heteroatoms. The van der Waals surface area contributed by atoms with Gasteiger partial charge in [0.25, 0.3) is 0 Å². The quantitative estimate of drug-likeness (QED) is 0.585. The average molecular weight is 200 g/mol. The Morgan fingerprint density at radius 1 is 1.20 bits per heavy atom. The summed E-state index contributed by atoms with van der Waals surface area (Å²) in [5, 5.41) is 0. The molecule has 3 aromatic rings. The average Bonchev–Trinajstić information content (AvgIpc) is 2.91. The van der Waals surface area contributed by atoms with Crippen molar-refractivity contribution in [3.8, 4) is 0 Å². The molecule has 0 amide bonds. The monoisotopic (exact) mass is 200 g/mol. The Morgan fingerprint density at radius 3 is 2.80 bits per heavy atom. The highest BCUT2D eigenvalue weighted by atomic mass is 14.9. The van der Waals surface area contributed by atoms with E-state index < -0.39 is 0 Å². The lowest BCUT2D eigenvalue weighted by molar-refractivity contribution is 1.31. The number of aryl methyl sites for hydroxylation is 1. The van der Waals surface area contributed by atoms with Crippen molar-refractivity contribution in [2.45, 2.75) is 6.92 Å². The Morgan fingerprint density at radius 2 is 2.13 bits per heavy atom. The van der Waals surface area contributed by atoms with E-state index in [-0.39, 0.29) is 0 Å². The molecule has 4 nitrogen and oxygen atoms in total. The minimum absolute atomic E-state index is 1.03. The van der Waals surface area contributed by atoms with Crippen molar-refractivity contribution in [3.05, 3.63) is 48.8 Å². The van der Waals surface area contributed by atoms with Gasteiger partial charge in [-0.15, -0.1) is 0 Å². The van der Waals surface area contributed by atoms with E-state index in [0.29, 0.717) is 0 Å². The SMILES string of the molecule is Cc1ccc2nc[nH]c2c1.c1c[nH]cn1. The lowest BCUT2D eigenvalue weighted by Gasteiger charge is -1.89. The number of nitrogens with one attached hydrogen (secondary N) is 2. The van der Waals surface area contributed by atoms with Crippen molar-refractivity contribution in [2.75, 3.05) is 0 Å². The number of aromatic nitrogens is 4. The van der Waals surface area contributed by atoms with Gasteiger partial charge >= 0.3 is 0 Å². The molecule has 3 rings (SSSR count). The lowest BCUT2D eigenvalue weighted by atomic mass is 10.2. The van der Waals surface area contributed by atoms with E-state index in [0.717, 1.165) is 11.0 Å². The van der Waals surface area contributed by atoms with Crippen molar-refractivity contribution in [1.82, 2.24) is 19.9 Å². The summed E-state index contributed by atoms with van der Waals surface area (Å²) in [4.78, 5) is 13.6. The molecule has 2 aromatic heterocycles. The van der Waals surface area contributed by atoms with Crippen molar-refractivity contribution in [1.29, 1.82) is 0 Å². The molecule has 0 atom stereocenters. The summed E-state index contributed by atoms with van der Waals surface area (Å²) in [5.41, 5.74) is 3.40. The van der Waals surface area contributed by atoms with Crippen LogP contribution in [0, 0.1) is 6.92 Å². The minimum Gasteiger partial charge on any atom is -0.351 e. The first-order valence-electron chi connectivity index (χ1n) is 4.69. The topological polar surface area (TPSA) is 57.4 Å². The number of nitrogens with zero attached hydrogens (tertiary/aromatic N) is 2. The van der Waals surface area contributed by atoms with Crippen LogP contribution in [-0.4, -0.2) is 19.9 Å². The summed E-state index contributed by atoms with van der Waals surface area (Å²) in [5.74, 6) is 0. The maximum atomic E-state index is 4.10. The van der Waals surface area contributed by atoms with Gasteiger partial charge in [0.1, 0.15) is 0 Å². The molecule has 0 spiro atoms. The second-order valence-electron chi connectivity index (χ2n) is 3.18. The fourth-order valence-corrected chi connectivity index (χ4v) is 1.26. The van der Waals surface area contributed by atoms with E-state index in [1.807, 2.05) is 6.07 Å². The molecular formula is C11H12N4. The molecule has 0 aliphatic heterocycles. The maximum Gasteiger partial charge on any atom is 0.0931 e. The summed E-state index contributed by atoms with van der Waals surface area (Å²) in [6, 6.07) is 6.16. The molecule has 2 heterocycles. The standard InChI is InChI=1S/C8H8N2.C3H4N2/c1-6-2-3-7-8(4-6)10-5-9-7;1-2-5-3-4-1/h2-5H,1H3,(H,9,10);1-3H,(H,4,5). The van der Waals surface area contributed by atoms with Gasteiger partial charge in [-0.05, 0) is 24.6 Å². The molecule has 0 aliphatic carbocycles. The summed E-state index contributed by atoms with van der Waals surface area (Å²) in [6.07, 6.45) is 6.80. The van der Waals surface area contributed by atoms with Crippen molar-refractivity contribution < 1.29 is 0 Å². The van der Waals surface area contributed by atoms with E-state index in [9.17, 15) is 0 Å². The molecule has 0 radical (unpaired) electrons. The maximum absolute atomic E-state index is 4.10. The van der Waals surface area contributed by atoms with Gasteiger partial charge in [-0.25, -0.2) is 9.97 Å². The number of hydrogen-bond acceptors (Lipinski definition) is 2. The van der Waals surface area contributed by atoms with Crippen molar-refractivity contribution in [2.24, 2.45) is 0 Å². The van der Waals surface area contributed by atoms with Crippen molar-refractivity contribution in [3.63, 3.8) is 0 Å². The van der Waals surface area contributed by atoms with Gasteiger partial charge in [-0.3, -0.25) is 0 Å². The van der Waals surface area contributed by atoms with Crippen LogP contribution in [0.5, 0.6) is 0 Å². The molecule has 0 fully saturated rings. The van der Waals surface area contributed by atoms with Crippen LogP contribution in [-0.2, 0) is 0 Å². The second kappa shape index (κ2) is 4.41. The first-order valence-corrected chi connectivity index (χ1v) is 4.69. The Kier molecular flexibility index (Phi) is 2.78. The molecule has 0 bridgehead atoms. The Bertz CT molecular complexity index is 493. The third-order valence-corrected chi connectivity index (χ3v) is 1.98. The number of hydrogen-bond donors (Lipinski definition) is 2. The van der Waals surface area contributed by atoms with Crippen LogP contribution in [0.1, 0.15) is 5.56 Å². The zero-order chi connectivity index (χ0) is 10.5. The number of rotatable bonds is 0. The van der Waals surface area contributed by atoms with Crippen LogP contribution in [0.25, 0.3) is 11.0 Å². The molecule has 76 valence electrons. The van der Waals surface area contributed by atoms with E-state index in [4.69, 9.17) is 0 Å². The number of benzene rings is 1. The van der Waals surface area contributed by atoms with Crippen molar-refractivity contribution >= 4 is 11.0 Å². The lowest BCUT2D eigenvalue weighted by Crippen LogP contribution is -1.71. The smallest absolute Gasteiger partial charge is 0.0931 e. The molecule has 2 N–H and O–H groups in total. The highest BCUT2D eigenvalue weighted by Crippen LogP contribution is 2.09. The van der Waals surface area contributed by atoms with Crippen LogP contribution in [0.3, 0.4) is 0 Å². The van der Waals surface area contributed by atoms with E-state index in [2.05, 4.69) is 39.0 Å². The van der Waals surface area contributed by atoms with Gasteiger partial charge in [0.2, 0.25) is 0 Å². The zero-order valence-corrected chi connectivity index (χ0v) is 8.44.